The van der Waals surface area contributed by atoms with Crippen molar-refractivity contribution < 1.29 is 27.8 Å². The maximum atomic E-state index is 13.0. The molecule has 168 valence electrons. The Hall–Kier alpha value is -3.57. The highest BCUT2D eigenvalue weighted by atomic mass is 19.4. The SMILES string of the molecule is COC[C@@H](CO)NC(=O)c1cc(-c2ccc(C(F)(F)F)cc2)nn(-c2cccnc2)c1=O. The number of nitrogens with one attached hydrogen (secondary N) is 1. The number of halogens is 3. The van der Waals surface area contributed by atoms with Crippen LogP contribution in [0.4, 0.5) is 13.2 Å². The standard InChI is InChI=1S/C21H19F3N4O4/c1-32-12-15(11-29)26-19(30)17-9-18(13-4-6-14(7-5-13)21(22,23)24)27-28(20(17)31)16-3-2-8-25-10-16/h2-10,15,29H,11-12H2,1H3,(H,26,30)/t15-/m1/s1. The van der Waals surface area contributed by atoms with Crippen molar-refractivity contribution in [3.05, 3.63) is 76.3 Å². The number of aromatic nitrogens is 3. The minimum Gasteiger partial charge on any atom is -0.394 e. The van der Waals surface area contributed by atoms with Gasteiger partial charge in [-0.15, -0.1) is 0 Å². The largest absolute Gasteiger partial charge is 0.416 e. The van der Waals surface area contributed by atoms with Crippen LogP contribution in [0.5, 0.6) is 0 Å². The van der Waals surface area contributed by atoms with E-state index in [1.165, 1.54) is 37.7 Å². The molecule has 0 spiro atoms. The smallest absolute Gasteiger partial charge is 0.394 e. The van der Waals surface area contributed by atoms with Crippen LogP contribution >= 0.6 is 0 Å². The fraction of sp³-hybridized carbons (Fsp3) is 0.238. The topological polar surface area (TPSA) is 106 Å². The number of rotatable bonds is 7. The lowest BCUT2D eigenvalue weighted by atomic mass is 10.1. The Kier molecular flexibility index (Phi) is 7.01. The maximum Gasteiger partial charge on any atom is 0.416 e. The van der Waals surface area contributed by atoms with Crippen LogP contribution < -0.4 is 10.9 Å². The summed E-state index contributed by atoms with van der Waals surface area (Å²) in [4.78, 5) is 29.7. The first-order valence-corrected chi connectivity index (χ1v) is 9.37. The molecule has 3 rings (SSSR count). The fourth-order valence-electron chi connectivity index (χ4n) is 2.89. The van der Waals surface area contributed by atoms with Crippen molar-refractivity contribution >= 4 is 5.91 Å². The molecule has 0 aliphatic carbocycles. The van der Waals surface area contributed by atoms with Crippen molar-refractivity contribution in [1.29, 1.82) is 0 Å². The first-order chi connectivity index (χ1) is 15.2. The minimum atomic E-state index is -4.51. The summed E-state index contributed by atoms with van der Waals surface area (Å²) >= 11 is 0. The van der Waals surface area contributed by atoms with Crippen LogP contribution in [0.2, 0.25) is 0 Å². The van der Waals surface area contributed by atoms with Gasteiger partial charge in [0.05, 0.1) is 42.4 Å². The number of alkyl halides is 3. The number of carbonyl (C=O) groups excluding carboxylic acids is 1. The van der Waals surface area contributed by atoms with E-state index in [1.807, 2.05) is 0 Å². The number of ether oxygens (including phenoxy) is 1. The van der Waals surface area contributed by atoms with E-state index in [0.29, 0.717) is 0 Å². The lowest BCUT2D eigenvalue weighted by Gasteiger charge is -2.16. The Morgan fingerprint density at radius 1 is 1.25 bits per heavy atom. The highest BCUT2D eigenvalue weighted by Gasteiger charge is 2.30. The molecule has 2 N–H and O–H groups in total. The molecule has 32 heavy (non-hydrogen) atoms. The molecule has 3 aromatic rings. The van der Waals surface area contributed by atoms with Gasteiger partial charge in [-0.1, -0.05) is 12.1 Å². The molecule has 1 aromatic carbocycles. The van der Waals surface area contributed by atoms with E-state index < -0.39 is 35.9 Å². The zero-order chi connectivity index (χ0) is 23.3. The van der Waals surface area contributed by atoms with Crippen LogP contribution in [-0.4, -0.2) is 52.1 Å². The number of carbonyl (C=O) groups is 1. The summed E-state index contributed by atoms with van der Waals surface area (Å²) in [6.45, 7) is -0.414. The number of benzene rings is 1. The summed E-state index contributed by atoms with van der Waals surface area (Å²) in [5, 5.41) is 16.1. The van der Waals surface area contributed by atoms with Gasteiger partial charge in [-0.05, 0) is 30.3 Å². The molecule has 0 bridgehead atoms. The maximum absolute atomic E-state index is 13.0. The highest BCUT2D eigenvalue weighted by Crippen LogP contribution is 2.30. The van der Waals surface area contributed by atoms with Gasteiger partial charge in [0.1, 0.15) is 5.56 Å². The minimum absolute atomic E-state index is 0.00980. The normalized spacial score (nSPS) is 12.4. The molecule has 0 saturated carbocycles. The second kappa shape index (κ2) is 9.71. The zero-order valence-electron chi connectivity index (χ0n) is 16.8. The molecule has 0 aliphatic heterocycles. The molecule has 0 radical (unpaired) electrons. The first-order valence-electron chi connectivity index (χ1n) is 9.37. The highest BCUT2D eigenvalue weighted by molar-refractivity contribution is 5.95. The van der Waals surface area contributed by atoms with E-state index >= 15 is 0 Å². The van der Waals surface area contributed by atoms with Gasteiger partial charge in [-0.3, -0.25) is 14.6 Å². The van der Waals surface area contributed by atoms with E-state index in [1.54, 1.807) is 12.1 Å². The number of nitrogens with zero attached hydrogens (tertiary/aromatic N) is 3. The van der Waals surface area contributed by atoms with Gasteiger partial charge < -0.3 is 15.2 Å². The lowest BCUT2D eigenvalue weighted by Crippen LogP contribution is -2.43. The van der Waals surface area contributed by atoms with Crippen LogP contribution in [0, 0.1) is 0 Å². The quantitative estimate of drug-likeness (QED) is 0.573. The first kappa shape index (κ1) is 23.1. The Morgan fingerprint density at radius 3 is 2.53 bits per heavy atom. The average Bonchev–Trinajstić information content (AvgIpc) is 2.79. The molecular formula is C21H19F3N4O4. The molecule has 0 unspecified atom stereocenters. The summed E-state index contributed by atoms with van der Waals surface area (Å²) in [6, 6.07) is 7.71. The van der Waals surface area contributed by atoms with Crippen LogP contribution in [-0.2, 0) is 10.9 Å². The van der Waals surface area contributed by atoms with E-state index in [2.05, 4.69) is 15.4 Å². The van der Waals surface area contributed by atoms with E-state index in [9.17, 15) is 27.9 Å². The molecule has 0 saturated heterocycles. The summed E-state index contributed by atoms with van der Waals surface area (Å²) in [5.74, 6) is -0.792. The fourth-order valence-corrected chi connectivity index (χ4v) is 2.89. The van der Waals surface area contributed by atoms with Gasteiger partial charge in [0, 0.05) is 18.9 Å². The summed E-state index contributed by atoms with van der Waals surface area (Å²) in [5.41, 5.74) is -1.30. The van der Waals surface area contributed by atoms with E-state index in [4.69, 9.17) is 4.74 Å². The molecule has 2 aromatic heterocycles. The number of pyridine rings is 1. The van der Waals surface area contributed by atoms with Gasteiger partial charge in [-0.25, -0.2) is 0 Å². The average molecular weight is 448 g/mol. The Morgan fingerprint density at radius 2 is 1.97 bits per heavy atom. The van der Waals surface area contributed by atoms with E-state index in [-0.39, 0.29) is 29.1 Å². The Labute approximate surface area is 180 Å². The van der Waals surface area contributed by atoms with Crippen molar-refractivity contribution in [1.82, 2.24) is 20.1 Å². The molecule has 1 atom stereocenters. The number of hydrogen-bond acceptors (Lipinski definition) is 6. The van der Waals surface area contributed by atoms with Gasteiger partial charge in [-0.2, -0.15) is 23.0 Å². The van der Waals surface area contributed by atoms with Crippen LogP contribution in [0.25, 0.3) is 16.9 Å². The van der Waals surface area contributed by atoms with Crippen molar-refractivity contribution in [3.8, 4) is 16.9 Å². The monoisotopic (exact) mass is 448 g/mol. The summed E-state index contributed by atoms with van der Waals surface area (Å²) in [6.07, 6.45) is -1.67. The number of aliphatic hydroxyl groups excluding tert-OH is 1. The Bertz CT molecular complexity index is 1130. The van der Waals surface area contributed by atoms with Gasteiger partial charge in [0.2, 0.25) is 0 Å². The van der Waals surface area contributed by atoms with Crippen LogP contribution in [0.3, 0.4) is 0 Å². The molecule has 0 aliphatic rings. The molecule has 8 nitrogen and oxygen atoms in total. The second-order valence-corrected chi connectivity index (χ2v) is 6.75. The van der Waals surface area contributed by atoms with E-state index in [0.717, 1.165) is 16.8 Å². The van der Waals surface area contributed by atoms with Crippen molar-refractivity contribution in [2.24, 2.45) is 0 Å². The third-order valence-electron chi connectivity index (χ3n) is 4.48. The molecule has 11 heteroatoms. The predicted molar refractivity (Wildman–Crippen MR) is 108 cm³/mol. The predicted octanol–water partition coefficient (Wildman–Crippen LogP) is 2.05. The number of hydrogen-bond donors (Lipinski definition) is 2. The molecule has 0 fully saturated rings. The molecule has 1 amide bonds. The number of aliphatic hydroxyl groups is 1. The molecular weight excluding hydrogens is 429 g/mol. The van der Waals surface area contributed by atoms with Crippen LogP contribution in [0.15, 0.2) is 59.7 Å². The third kappa shape index (κ3) is 5.18. The van der Waals surface area contributed by atoms with Crippen molar-refractivity contribution in [3.63, 3.8) is 0 Å². The van der Waals surface area contributed by atoms with Crippen molar-refractivity contribution in [2.45, 2.75) is 12.2 Å². The van der Waals surface area contributed by atoms with Gasteiger partial charge in [0.15, 0.2) is 0 Å². The number of methoxy groups -OCH3 is 1. The van der Waals surface area contributed by atoms with Crippen LogP contribution in [0.1, 0.15) is 15.9 Å². The summed E-state index contributed by atoms with van der Waals surface area (Å²) in [7, 11) is 1.39. The number of amides is 1. The second-order valence-electron chi connectivity index (χ2n) is 6.75. The van der Waals surface area contributed by atoms with Crippen molar-refractivity contribution in [2.75, 3.05) is 20.3 Å². The Balaban J connectivity index is 2.11. The molecule has 2 heterocycles. The summed E-state index contributed by atoms with van der Waals surface area (Å²) < 4.78 is 44.5. The third-order valence-corrected chi connectivity index (χ3v) is 4.48. The van der Waals surface area contributed by atoms with Gasteiger partial charge >= 0.3 is 6.18 Å². The zero-order valence-corrected chi connectivity index (χ0v) is 16.8. The van der Waals surface area contributed by atoms with Gasteiger partial charge in [0.25, 0.3) is 11.5 Å². The lowest BCUT2D eigenvalue weighted by molar-refractivity contribution is -0.137.